The van der Waals surface area contributed by atoms with Gasteiger partial charge in [0.05, 0.1) is 23.5 Å². The van der Waals surface area contributed by atoms with Crippen molar-refractivity contribution in [2.24, 2.45) is 5.84 Å². The maximum absolute atomic E-state index is 12.3. The van der Waals surface area contributed by atoms with E-state index in [0.29, 0.717) is 17.8 Å². The number of aromatic nitrogens is 1. The van der Waals surface area contributed by atoms with Crippen molar-refractivity contribution >= 4 is 11.6 Å². The third-order valence-electron chi connectivity index (χ3n) is 3.36. The Bertz CT molecular complexity index is 640. The molecular formula is C16H20N4O. The molecule has 0 atom stereocenters. The molecule has 2 rings (SSSR count). The average Bonchev–Trinajstić information content (AvgIpc) is 2.52. The number of carbonyl (C=O) groups excluding carboxylic acids is 1. The number of hydrazine groups is 1. The molecule has 0 saturated carbocycles. The van der Waals surface area contributed by atoms with E-state index in [1.54, 1.807) is 12.3 Å². The molecule has 5 heteroatoms. The van der Waals surface area contributed by atoms with Crippen LogP contribution in [-0.4, -0.2) is 10.9 Å². The molecule has 0 aliphatic heterocycles. The summed E-state index contributed by atoms with van der Waals surface area (Å²) in [5, 5.41) is 2.89. The van der Waals surface area contributed by atoms with Crippen molar-refractivity contribution in [1.29, 1.82) is 0 Å². The van der Waals surface area contributed by atoms with Crippen molar-refractivity contribution in [3.8, 4) is 0 Å². The van der Waals surface area contributed by atoms with Crippen LogP contribution in [0.3, 0.4) is 0 Å². The van der Waals surface area contributed by atoms with Gasteiger partial charge in [-0.05, 0) is 37.1 Å². The Morgan fingerprint density at radius 3 is 2.86 bits per heavy atom. The fraction of sp³-hybridized carbons (Fsp3) is 0.250. The zero-order chi connectivity index (χ0) is 15.2. The van der Waals surface area contributed by atoms with Crippen LogP contribution in [0.5, 0.6) is 0 Å². The van der Waals surface area contributed by atoms with E-state index in [1.807, 2.05) is 31.2 Å². The highest BCUT2D eigenvalue weighted by atomic mass is 16.1. The standard InChI is InChI=1S/C16H20N4O/c1-3-12-5-4-8-18-15(12)10-19-16(21)13-9-11(2)6-7-14(13)20-17/h4-9,20H,3,10,17H2,1-2H3,(H,19,21). The summed E-state index contributed by atoms with van der Waals surface area (Å²) in [5.74, 6) is 5.28. The van der Waals surface area contributed by atoms with Crippen molar-refractivity contribution in [1.82, 2.24) is 10.3 Å². The van der Waals surface area contributed by atoms with E-state index >= 15 is 0 Å². The number of aryl methyl sites for hydroxylation is 2. The van der Waals surface area contributed by atoms with E-state index in [9.17, 15) is 4.79 Å². The van der Waals surface area contributed by atoms with E-state index in [0.717, 1.165) is 23.2 Å². The van der Waals surface area contributed by atoms with Gasteiger partial charge in [0, 0.05) is 6.20 Å². The molecule has 0 radical (unpaired) electrons. The number of benzene rings is 1. The van der Waals surface area contributed by atoms with Crippen LogP contribution in [0.1, 0.15) is 34.1 Å². The molecular weight excluding hydrogens is 264 g/mol. The Labute approximate surface area is 124 Å². The van der Waals surface area contributed by atoms with Crippen LogP contribution < -0.4 is 16.6 Å². The zero-order valence-electron chi connectivity index (χ0n) is 12.3. The number of nitrogens with one attached hydrogen (secondary N) is 2. The maximum Gasteiger partial charge on any atom is 0.253 e. The lowest BCUT2D eigenvalue weighted by molar-refractivity contribution is 0.0951. The van der Waals surface area contributed by atoms with Crippen LogP contribution in [0.2, 0.25) is 0 Å². The Morgan fingerprint density at radius 1 is 1.33 bits per heavy atom. The molecule has 5 nitrogen and oxygen atoms in total. The molecule has 0 bridgehead atoms. The largest absolute Gasteiger partial charge is 0.346 e. The summed E-state index contributed by atoms with van der Waals surface area (Å²) < 4.78 is 0. The number of nitrogen functional groups attached to an aromatic ring is 1. The van der Waals surface area contributed by atoms with Crippen LogP contribution in [0.15, 0.2) is 36.5 Å². The molecule has 0 unspecified atom stereocenters. The van der Waals surface area contributed by atoms with Gasteiger partial charge in [-0.25, -0.2) is 0 Å². The fourth-order valence-electron chi connectivity index (χ4n) is 2.18. The van der Waals surface area contributed by atoms with Gasteiger partial charge in [-0.1, -0.05) is 24.6 Å². The molecule has 2 aromatic rings. The third-order valence-corrected chi connectivity index (χ3v) is 3.36. The number of anilines is 1. The molecule has 0 spiro atoms. The lowest BCUT2D eigenvalue weighted by Crippen LogP contribution is -2.25. The molecule has 0 fully saturated rings. The molecule has 1 heterocycles. The second kappa shape index (κ2) is 6.85. The average molecular weight is 284 g/mol. The van der Waals surface area contributed by atoms with Crippen molar-refractivity contribution in [2.75, 3.05) is 5.43 Å². The molecule has 1 amide bonds. The summed E-state index contributed by atoms with van der Waals surface area (Å²) in [4.78, 5) is 16.6. The van der Waals surface area contributed by atoms with Gasteiger partial charge in [-0.3, -0.25) is 15.6 Å². The van der Waals surface area contributed by atoms with Crippen molar-refractivity contribution in [3.63, 3.8) is 0 Å². The lowest BCUT2D eigenvalue weighted by atomic mass is 10.1. The second-order valence-electron chi connectivity index (χ2n) is 4.84. The first-order valence-electron chi connectivity index (χ1n) is 6.94. The summed E-state index contributed by atoms with van der Waals surface area (Å²) in [6.07, 6.45) is 2.62. The van der Waals surface area contributed by atoms with E-state index in [1.165, 1.54) is 0 Å². The number of rotatable bonds is 5. The van der Waals surface area contributed by atoms with Gasteiger partial charge in [0.15, 0.2) is 0 Å². The number of carbonyl (C=O) groups is 1. The molecule has 0 aliphatic rings. The minimum absolute atomic E-state index is 0.167. The minimum Gasteiger partial charge on any atom is -0.346 e. The summed E-state index contributed by atoms with van der Waals surface area (Å²) in [6, 6.07) is 9.43. The monoisotopic (exact) mass is 284 g/mol. The third kappa shape index (κ3) is 3.58. The highest BCUT2D eigenvalue weighted by molar-refractivity contribution is 5.99. The quantitative estimate of drug-likeness (QED) is 0.580. The van der Waals surface area contributed by atoms with E-state index in [4.69, 9.17) is 5.84 Å². The fourth-order valence-corrected chi connectivity index (χ4v) is 2.18. The number of hydrogen-bond acceptors (Lipinski definition) is 4. The second-order valence-corrected chi connectivity index (χ2v) is 4.84. The van der Waals surface area contributed by atoms with Crippen molar-refractivity contribution < 1.29 is 4.79 Å². The van der Waals surface area contributed by atoms with E-state index in [-0.39, 0.29) is 5.91 Å². The number of nitrogens with zero attached hydrogens (tertiary/aromatic N) is 1. The SMILES string of the molecule is CCc1cccnc1CNC(=O)c1cc(C)ccc1NN. The van der Waals surface area contributed by atoms with Gasteiger partial charge in [0.25, 0.3) is 5.91 Å². The number of amides is 1. The molecule has 1 aromatic carbocycles. The van der Waals surface area contributed by atoms with Crippen LogP contribution >= 0.6 is 0 Å². The normalized spacial score (nSPS) is 10.2. The lowest BCUT2D eigenvalue weighted by Gasteiger charge is -2.11. The highest BCUT2D eigenvalue weighted by Gasteiger charge is 2.12. The molecule has 0 aliphatic carbocycles. The van der Waals surface area contributed by atoms with Gasteiger partial charge < -0.3 is 10.7 Å². The first-order chi connectivity index (χ1) is 10.2. The molecule has 110 valence electrons. The number of pyridine rings is 1. The van der Waals surface area contributed by atoms with E-state index in [2.05, 4.69) is 22.7 Å². The first kappa shape index (κ1) is 15.0. The number of hydrogen-bond donors (Lipinski definition) is 3. The van der Waals surface area contributed by atoms with Crippen LogP contribution in [-0.2, 0) is 13.0 Å². The van der Waals surface area contributed by atoms with Gasteiger partial charge in [-0.2, -0.15) is 0 Å². The smallest absolute Gasteiger partial charge is 0.253 e. The van der Waals surface area contributed by atoms with Crippen LogP contribution in [0, 0.1) is 6.92 Å². The Kier molecular flexibility index (Phi) is 4.90. The minimum atomic E-state index is -0.167. The summed E-state index contributed by atoms with van der Waals surface area (Å²) >= 11 is 0. The maximum atomic E-state index is 12.3. The van der Waals surface area contributed by atoms with Crippen molar-refractivity contribution in [2.45, 2.75) is 26.8 Å². The van der Waals surface area contributed by atoms with Gasteiger partial charge >= 0.3 is 0 Å². The topological polar surface area (TPSA) is 80.0 Å². The summed E-state index contributed by atoms with van der Waals surface area (Å²) in [7, 11) is 0. The van der Waals surface area contributed by atoms with Gasteiger partial charge in [0.1, 0.15) is 0 Å². The Hall–Kier alpha value is -2.40. The number of nitrogens with two attached hydrogens (primary N) is 1. The molecule has 1 aromatic heterocycles. The highest BCUT2D eigenvalue weighted by Crippen LogP contribution is 2.16. The van der Waals surface area contributed by atoms with Crippen LogP contribution in [0.25, 0.3) is 0 Å². The van der Waals surface area contributed by atoms with E-state index < -0.39 is 0 Å². The van der Waals surface area contributed by atoms with Gasteiger partial charge in [-0.15, -0.1) is 0 Å². The zero-order valence-corrected chi connectivity index (χ0v) is 12.3. The van der Waals surface area contributed by atoms with Crippen LogP contribution in [0.4, 0.5) is 5.69 Å². The predicted molar refractivity (Wildman–Crippen MR) is 83.8 cm³/mol. The van der Waals surface area contributed by atoms with Crippen molar-refractivity contribution in [3.05, 3.63) is 58.9 Å². The molecule has 4 N–H and O–H groups in total. The Balaban J connectivity index is 2.13. The predicted octanol–water partition coefficient (Wildman–Crippen LogP) is 2.17. The molecule has 0 saturated heterocycles. The summed E-state index contributed by atoms with van der Waals surface area (Å²) in [6.45, 7) is 4.41. The Morgan fingerprint density at radius 2 is 2.14 bits per heavy atom. The molecule has 21 heavy (non-hydrogen) atoms. The summed E-state index contributed by atoms with van der Waals surface area (Å²) in [5.41, 5.74) is 6.72. The van der Waals surface area contributed by atoms with Gasteiger partial charge in [0.2, 0.25) is 0 Å². The first-order valence-corrected chi connectivity index (χ1v) is 6.94.